The summed E-state index contributed by atoms with van der Waals surface area (Å²) in [5, 5.41) is 0. The van der Waals surface area contributed by atoms with Crippen LogP contribution in [-0.4, -0.2) is 21.6 Å². The molecule has 0 spiro atoms. The van der Waals surface area contributed by atoms with E-state index in [9.17, 15) is 4.79 Å². The van der Waals surface area contributed by atoms with Crippen molar-refractivity contribution in [3.63, 3.8) is 0 Å². The SMILES string of the molecule is CC(Oc1cccc(C(C)C)c1)C(=O)n1ccnc1. The highest BCUT2D eigenvalue weighted by molar-refractivity contribution is 5.83. The normalized spacial score (nSPS) is 12.4. The number of carbonyl (C=O) groups is 1. The van der Waals surface area contributed by atoms with Crippen molar-refractivity contribution in [1.29, 1.82) is 0 Å². The van der Waals surface area contributed by atoms with Crippen LogP contribution < -0.4 is 4.74 Å². The molecule has 0 aliphatic rings. The fourth-order valence-electron chi connectivity index (χ4n) is 1.80. The lowest BCUT2D eigenvalue weighted by Gasteiger charge is -2.15. The molecule has 2 rings (SSSR count). The summed E-state index contributed by atoms with van der Waals surface area (Å²) in [7, 11) is 0. The van der Waals surface area contributed by atoms with Gasteiger partial charge in [0.05, 0.1) is 0 Å². The van der Waals surface area contributed by atoms with Crippen molar-refractivity contribution in [2.75, 3.05) is 0 Å². The number of benzene rings is 1. The molecule has 0 saturated heterocycles. The third-order valence-corrected chi connectivity index (χ3v) is 2.94. The Balaban J connectivity index is 2.08. The third kappa shape index (κ3) is 3.22. The molecule has 2 aromatic rings. The number of nitrogens with zero attached hydrogens (tertiary/aromatic N) is 2. The number of aromatic nitrogens is 2. The molecule has 0 N–H and O–H groups in total. The maximum atomic E-state index is 12.0. The minimum Gasteiger partial charge on any atom is -0.481 e. The van der Waals surface area contributed by atoms with Crippen molar-refractivity contribution < 1.29 is 9.53 Å². The maximum absolute atomic E-state index is 12.0. The largest absolute Gasteiger partial charge is 0.481 e. The number of hydrogen-bond donors (Lipinski definition) is 0. The quantitative estimate of drug-likeness (QED) is 0.846. The summed E-state index contributed by atoms with van der Waals surface area (Å²) in [6.07, 6.45) is 4.13. The van der Waals surface area contributed by atoms with Gasteiger partial charge in [-0.15, -0.1) is 0 Å². The molecule has 1 aromatic heterocycles. The molecule has 0 bridgehead atoms. The van der Waals surface area contributed by atoms with Crippen LogP contribution in [0.2, 0.25) is 0 Å². The van der Waals surface area contributed by atoms with Crippen LogP contribution in [0.25, 0.3) is 0 Å². The Morgan fingerprint density at radius 1 is 1.32 bits per heavy atom. The fraction of sp³-hybridized carbons (Fsp3) is 0.333. The van der Waals surface area contributed by atoms with Gasteiger partial charge in [0.15, 0.2) is 6.10 Å². The Kier molecular flexibility index (Phi) is 4.00. The van der Waals surface area contributed by atoms with Crippen LogP contribution >= 0.6 is 0 Å². The van der Waals surface area contributed by atoms with E-state index in [1.165, 1.54) is 16.5 Å². The van der Waals surface area contributed by atoms with Crippen LogP contribution in [0.4, 0.5) is 0 Å². The van der Waals surface area contributed by atoms with Gasteiger partial charge in [-0.25, -0.2) is 4.98 Å². The monoisotopic (exact) mass is 258 g/mol. The highest BCUT2D eigenvalue weighted by atomic mass is 16.5. The molecule has 4 heteroatoms. The van der Waals surface area contributed by atoms with Crippen LogP contribution in [-0.2, 0) is 0 Å². The Bertz CT molecular complexity index is 547. The van der Waals surface area contributed by atoms with Gasteiger partial charge in [-0.3, -0.25) is 9.36 Å². The van der Waals surface area contributed by atoms with Gasteiger partial charge in [-0.2, -0.15) is 0 Å². The standard InChI is InChI=1S/C15H18N2O2/c1-11(2)13-5-4-6-14(9-13)19-12(3)15(18)17-8-7-16-10-17/h4-12H,1-3H3. The Labute approximate surface area is 113 Å². The lowest BCUT2D eigenvalue weighted by molar-refractivity contribution is 0.0727. The van der Waals surface area contributed by atoms with E-state index in [0.717, 1.165) is 0 Å². The molecule has 1 unspecified atom stereocenters. The van der Waals surface area contributed by atoms with E-state index in [-0.39, 0.29) is 5.91 Å². The van der Waals surface area contributed by atoms with Crippen LogP contribution in [0.3, 0.4) is 0 Å². The van der Waals surface area contributed by atoms with E-state index in [1.807, 2.05) is 18.2 Å². The number of imidazole rings is 1. The van der Waals surface area contributed by atoms with Crippen molar-refractivity contribution >= 4 is 5.91 Å². The molecule has 0 radical (unpaired) electrons. The molecular formula is C15H18N2O2. The van der Waals surface area contributed by atoms with Gasteiger partial charge >= 0.3 is 0 Å². The van der Waals surface area contributed by atoms with Gasteiger partial charge in [0.1, 0.15) is 12.1 Å². The summed E-state index contributed by atoms with van der Waals surface area (Å²) in [6, 6.07) is 7.84. The summed E-state index contributed by atoms with van der Waals surface area (Å²) in [4.78, 5) is 15.9. The lowest BCUT2D eigenvalue weighted by Crippen LogP contribution is -2.28. The van der Waals surface area contributed by atoms with Crippen molar-refractivity contribution in [3.05, 3.63) is 48.5 Å². The summed E-state index contributed by atoms with van der Waals surface area (Å²) in [6.45, 7) is 5.99. The first kappa shape index (κ1) is 13.3. The lowest BCUT2D eigenvalue weighted by atomic mass is 10.0. The Morgan fingerprint density at radius 3 is 2.74 bits per heavy atom. The summed E-state index contributed by atoms with van der Waals surface area (Å²) in [5.74, 6) is 1.02. The molecule has 0 fully saturated rings. The van der Waals surface area contributed by atoms with Crippen molar-refractivity contribution in [1.82, 2.24) is 9.55 Å². The van der Waals surface area contributed by atoms with Crippen LogP contribution in [0.5, 0.6) is 5.75 Å². The van der Waals surface area contributed by atoms with E-state index in [2.05, 4.69) is 24.9 Å². The van der Waals surface area contributed by atoms with E-state index >= 15 is 0 Å². The first-order chi connectivity index (χ1) is 9.08. The molecule has 4 nitrogen and oxygen atoms in total. The smallest absolute Gasteiger partial charge is 0.272 e. The second kappa shape index (κ2) is 5.69. The number of hydrogen-bond acceptors (Lipinski definition) is 3. The molecule has 1 heterocycles. The second-order valence-electron chi connectivity index (χ2n) is 4.80. The average Bonchev–Trinajstić information content (AvgIpc) is 2.92. The van der Waals surface area contributed by atoms with Gasteiger partial charge in [-0.1, -0.05) is 26.0 Å². The van der Waals surface area contributed by atoms with E-state index in [1.54, 1.807) is 19.3 Å². The minimum atomic E-state index is -0.545. The van der Waals surface area contributed by atoms with E-state index < -0.39 is 6.10 Å². The van der Waals surface area contributed by atoms with Gasteiger partial charge in [0, 0.05) is 12.4 Å². The topological polar surface area (TPSA) is 44.1 Å². The van der Waals surface area contributed by atoms with E-state index in [0.29, 0.717) is 11.7 Å². The molecule has 1 aromatic carbocycles. The molecule has 0 amide bonds. The van der Waals surface area contributed by atoms with Crippen molar-refractivity contribution in [3.8, 4) is 5.75 Å². The Hall–Kier alpha value is -2.10. The van der Waals surface area contributed by atoms with Crippen molar-refractivity contribution in [2.45, 2.75) is 32.8 Å². The van der Waals surface area contributed by atoms with Gasteiger partial charge in [0.2, 0.25) is 0 Å². The summed E-state index contributed by atoms with van der Waals surface area (Å²) >= 11 is 0. The zero-order chi connectivity index (χ0) is 13.8. The first-order valence-electron chi connectivity index (χ1n) is 6.36. The van der Waals surface area contributed by atoms with E-state index in [4.69, 9.17) is 4.74 Å². The maximum Gasteiger partial charge on any atom is 0.272 e. The van der Waals surface area contributed by atoms with Gasteiger partial charge in [-0.05, 0) is 30.5 Å². The van der Waals surface area contributed by atoms with Crippen LogP contribution in [0.1, 0.15) is 37.0 Å². The number of carbonyl (C=O) groups excluding carboxylic acids is 1. The molecule has 19 heavy (non-hydrogen) atoms. The number of ether oxygens (including phenoxy) is 1. The third-order valence-electron chi connectivity index (χ3n) is 2.94. The van der Waals surface area contributed by atoms with Crippen molar-refractivity contribution in [2.24, 2.45) is 0 Å². The zero-order valence-corrected chi connectivity index (χ0v) is 11.4. The Morgan fingerprint density at radius 2 is 2.11 bits per heavy atom. The molecule has 1 atom stereocenters. The van der Waals surface area contributed by atoms with Gasteiger partial charge in [0.25, 0.3) is 5.91 Å². The highest BCUT2D eigenvalue weighted by Crippen LogP contribution is 2.21. The number of rotatable bonds is 4. The fourth-order valence-corrected chi connectivity index (χ4v) is 1.80. The molecule has 100 valence electrons. The summed E-state index contributed by atoms with van der Waals surface area (Å²) in [5.41, 5.74) is 1.19. The first-order valence-corrected chi connectivity index (χ1v) is 6.36. The average molecular weight is 258 g/mol. The molecule has 0 aliphatic heterocycles. The van der Waals surface area contributed by atoms with Crippen LogP contribution in [0, 0.1) is 0 Å². The highest BCUT2D eigenvalue weighted by Gasteiger charge is 2.16. The predicted octanol–water partition coefficient (Wildman–Crippen LogP) is 3.11. The molecule has 0 aliphatic carbocycles. The van der Waals surface area contributed by atoms with Crippen LogP contribution in [0.15, 0.2) is 43.0 Å². The molecule has 0 saturated carbocycles. The molecular weight excluding hydrogens is 240 g/mol. The minimum absolute atomic E-state index is 0.132. The van der Waals surface area contributed by atoms with Gasteiger partial charge < -0.3 is 4.74 Å². The summed E-state index contributed by atoms with van der Waals surface area (Å²) < 4.78 is 7.12. The predicted molar refractivity (Wildman–Crippen MR) is 73.5 cm³/mol. The zero-order valence-electron chi connectivity index (χ0n) is 11.4. The second-order valence-corrected chi connectivity index (χ2v) is 4.80.